The fraction of sp³-hybridized carbons (Fsp3) is 0.333. The van der Waals surface area contributed by atoms with Crippen LogP contribution < -0.4 is 10.6 Å². The van der Waals surface area contributed by atoms with Crippen LogP contribution in [0.2, 0.25) is 0 Å². The van der Waals surface area contributed by atoms with E-state index in [4.69, 9.17) is 5.11 Å². The van der Waals surface area contributed by atoms with Gasteiger partial charge in [0.05, 0.1) is 0 Å². The van der Waals surface area contributed by atoms with Crippen molar-refractivity contribution in [1.29, 1.82) is 0 Å². The van der Waals surface area contributed by atoms with Crippen LogP contribution >= 0.6 is 0 Å². The molecule has 0 aromatic heterocycles. The Kier molecular flexibility index (Phi) is 5.85. The quantitative estimate of drug-likeness (QED) is 0.678. The molecule has 0 bridgehead atoms. The lowest BCUT2D eigenvalue weighted by Crippen LogP contribution is -2.48. The SMILES string of the molecule is COCNC(=O)[C@H](Cc1cc(F)cc(F)c1)NC(=O)O. The molecule has 1 rings (SSSR count). The number of amides is 2. The number of rotatable bonds is 6. The first-order chi connectivity index (χ1) is 9.42. The number of carbonyl (C=O) groups is 2. The second-order valence-electron chi connectivity index (χ2n) is 3.96. The van der Waals surface area contributed by atoms with Crippen molar-refractivity contribution in [3.8, 4) is 0 Å². The van der Waals surface area contributed by atoms with Gasteiger partial charge in [-0.15, -0.1) is 0 Å². The Morgan fingerprint density at radius 3 is 2.40 bits per heavy atom. The molecule has 0 aliphatic rings. The van der Waals surface area contributed by atoms with Gasteiger partial charge in [-0.05, 0) is 17.7 Å². The first kappa shape index (κ1) is 15.8. The number of methoxy groups -OCH3 is 1. The van der Waals surface area contributed by atoms with E-state index in [1.807, 2.05) is 5.32 Å². The molecule has 1 atom stereocenters. The zero-order valence-electron chi connectivity index (χ0n) is 10.7. The van der Waals surface area contributed by atoms with Gasteiger partial charge in [0.25, 0.3) is 0 Å². The number of hydrogen-bond acceptors (Lipinski definition) is 3. The molecule has 0 heterocycles. The fourth-order valence-corrected chi connectivity index (χ4v) is 1.59. The highest BCUT2D eigenvalue weighted by molar-refractivity contribution is 5.85. The van der Waals surface area contributed by atoms with Gasteiger partial charge in [-0.2, -0.15) is 0 Å². The molecule has 0 radical (unpaired) electrons. The number of hydrogen-bond donors (Lipinski definition) is 3. The molecule has 1 aromatic rings. The lowest BCUT2D eigenvalue weighted by Gasteiger charge is -2.16. The number of ether oxygens (including phenoxy) is 1. The summed E-state index contributed by atoms with van der Waals surface area (Å²) >= 11 is 0. The van der Waals surface area contributed by atoms with Crippen molar-refractivity contribution in [1.82, 2.24) is 10.6 Å². The Morgan fingerprint density at radius 1 is 1.30 bits per heavy atom. The average molecular weight is 288 g/mol. The summed E-state index contributed by atoms with van der Waals surface area (Å²) in [6, 6.07) is 1.57. The van der Waals surface area contributed by atoms with Crippen molar-refractivity contribution >= 4 is 12.0 Å². The van der Waals surface area contributed by atoms with Crippen LogP contribution in [-0.4, -0.2) is 37.0 Å². The van der Waals surface area contributed by atoms with E-state index in [1.54, 1.807) is 0 Å². The predicted octanol–water partition coefficient (Wildman–Crippen LogP) is 0.864. The smallest absolute Gasteiger partial charge is 0.405 e. The first-order valence-corrected chi connectivity index (χ1v) is 5.63. The van der Waals surface area contributed by atoms with Gasteiger partial charge in [0, 0.05) is 19.6 Å². The van der Waals surface area contributed by atoms with E-state index in [-0.39, 0.29) is 18.7 Å². The summed E-state index contributed by atoms with van der Waals surface area (Å²) in [6.45, 7) is -0.103. The van der Waals surface area contributed by atoms with E-state index in [1.165, 1.54) is 7.11 Å². The topological polar surface area (TPSA) is 87.7 Å². The van der Waals surface area contributed by atoms with Crippen LogP contribution in [-0.2, 0) is 16.0 Å². The van der Waals surface area contributed by atoms with Gasteiger partial charge < -0.3 is 20.5 Å². The minimum Gasteiger partial charge on any atom is -0.465 e. The third-order valence-electron chi connectivity index (χ3n) is 2.37. The van der Waals surface area contributed by atoms with Crippen molar-refractivity contribution in [3.63, 3.8) is 0 Å². The van der Waals surface area contributed by atoms with E-state index >= 15 is 0 Å². The van der Waals surface area contributed by atoms with Gasteiger partial charge in [-0.1, -0.05) is 0 Å². The van der Waals surface area contributed by atoms with Gasteiger partial charge in [0.2, 0.25) is 5.91 Å². The lowest BCUT2D eigenvalue weighted by molar-refractivity contribution is -0.124. The van der Waals surface area contributed by atoms with E-state index in [9.17, 15) is 18.4 Å². The molecule has 3 N–H and O–H groups in total. The summed E-state index contributed by atoms with van der Waals surface area (Å²) in [4.78, 5) is 22.3. The molecule has 6 nitrogen and oxygen atoms in total. The van der Waals surface area contributed by atoms with E-state index in [0.717, 1.165) is 12.1 Å². The summed E-state index contributed by atoms with van der Waals surface area (Å²) in [7, 11) is 1.35. The van der Waals surface area contributed by atoms with Crippen LogP contribution in [0, 0.1) is 11.6 Å². The van der Waals surface area contributed by atoms with Crippen LogP contribution in [0.25, 0.3) is 0 Å². The predicted molar refractivity (Wildman–Crippen MR) is 65.0 cm³/mol. The Balaban J connectivity index is 2.82. The molecule has 0 fully saturated rings. The Morgan fingerprint density at radius 2 is 1.90 bits per heavy atom. The Labute approximate surface area is 113 Å². The van der Waals surface area contributed by atoms with Crippen LogP contribution in [0.3, 0.4) is 0 Å². The van der Waals surface area contributed by atoms with E-state index in [2.05, 4.69) is 10.1 Å². The second-order valence-corrected chi connectivity index (χ2v) is 3.96. The third kappa shape index (κ3) is 5.19. The molecule has 2 amide bonds. The lowest BCUT2D eigenvalue weighted by atomic mass is 10.1. The number of nitrogens with one attached hydrogen (secondary N) is 2. The fourth-order valence-electron chi connectivity index (χ4n) is 1.59. The Hall–Kier alpha value is -2.22. The molecule has 0 aliphatic carbocycles. The summed E-state index contributed by atoms with van der Waals surface area (Å²) in [5.74, 6) is -2.25. The molecule has 1 aromatic carbocycles. The maximum atomic E-state index is 13.0. The van der Waals surface area contributed by atoms with Crippen LogP contribution in [0.5, 0.6) is 0 Å². The summed E-state index contributed by atoms with van der Waals surface area (Å²) in [6.07, 6.45) is -1.60. The highest BCUT2D eigenvalue weighted by Crippen LogP contribution is 2.10. The van der Waals surface area contributed by atoms with E-state index in [0.29, 0.717) is 6.07 Å². The summed E-state index contributed by atoms with van der Waals surface area (Å²) in [5.41, 5.74) is 0.161. The van der Waals surface area contributed by atoms with Crippen LogP contribution in [0.15, 0.2) is 18.2 Å². The molecule has 110 valence electrons. The van der Waals surface area contributed by atoms with Gasteiger partial charge >= 0.3 is 6.09 Å². The van der Waals surface area contributed by atoms with Crippen LogP contribution in [0.1, 0.15) is 5.56 Å². The van der Waals surface area contributed by atoms with Crippen molar-refractivity contribution in [2.75, 3.05) is 13.8 Å². The normalized spacial score (nSPS) is 11.8. The van der Waals surface area contributed by atoms with Gasteiger partial charge in [-0.3, -0.25) is 4.79 Å². The zero-order valence-corrected chi connectivity index (χ0v) is 10.7. The molecular weight excluding hydrogens is 274 g/mol. The molecule has 20 heavy (non-hydrogen) atoms. The standard InChI is InChI=1S/C12H14F2N2O4/c1-20-6-15-11(17)10(16-12(18)19)4-7-2-8(13)5-9(14)3-7/h2-3,5,10,16H,4,6H2,1H3,(H,15,17)(H,18,19)/t10-/m0/s1. The second kappa shape index (κ2) is 7.39. The highest BCUT2D eigenvalue weighted by Gasteiger charge is 2.21. The largest absolute Gasteiger partial charge is 0.465 e. The Bertz CT molecular complexity index is 476. The number of carboxylic acid groups (broad SMARTS) is 1. The minimum atomic E-state index is -1.42. The molecule has 8 heteroatoms. The zero-order chi connectivity index (χ0) is 15.1. The van der Waals surface area contributed by atoms with Gasteiger partial charge in [0.15, 0.2) is 0 Å². The number of benzene rings is 1. The summed E-state index contributed by atoms with van der Waals surface area (Å²) < 4.78 is 30.7. The molecule has 0 unspecified atom stereocenters. The van der Waals surface area contributed by atoms with Crippen molar-refractivity contribution in [3.05, 3.63) is 35.4 Å². The van der Waals surface area contributed by atoms with Crippen molar-refractivity contribution < 1.29 is 28.2 Å². The molecular formula is C12H14F2N2O4. The molecule has 0 saturated carbocycles. The molecule has 0 saturated heterocycles. The average Bonchev–Trinajstić information content (AvgIpc) is 2.33. The highest BCUT2D eigenvalue weighted by atomic mass is 19.1. The van der Waals surface area contributed by atoms with Gasteiger partial charge in [-0.25, -0.2) is 13.6 Å². The number of carbonyl (C=O) groups excluding carboxylic acids is 1. The van der Waals surface area contributed by atoms with Crippen LogP contribution in [0.4, 0.5) is 13.6 Å². The monoisotopic (exact) mass is 288 g/mol. The third-order valence-corrected chi connectivity index (χ3v) is 2.37. The van der Waals surface area contributed by atoms with Crippen molar-refractivity contribution in [2.24, 2.45) is 0 Å². The first-order valence-electron chi connectivity index (χ1n) is 5.63. The minimum absolute atomic E-state index is 0.103. The van der Waals surface area contributed by atoms with Crippen molar-refractivity contribution in [2.45, 2.75) is 12.5 Å². The molecule has 0 aliphatic heterocycles. The molecule has 0 spiro atoms. The maximum absolute atomic E-state index is 13.0. The number of halogens is 2. The summed E-state index contributed by atoms with van der Waals surface area (Å²) in [5, 5.41) is 13.0. The van der Waals surface area contributed by atoms with E-state index < -0.39 is 29.7 Å². The maximum Gasteiger partial charge on any atom is 0.405 e. The van der Waals surface area contributed by atoms with Gasteiger partial charge in [0.1, 0.15) is 24.4 Å².